The lowest BCUT2D eigenvalue weighted by Crippen LogP contribution is -2.32. The minimum atomic E-state index is -5.08. The van der Waals surface area contributed by atoms with E-state index in [-0.39, 0.29) is 11.8 Å². The van der Waals surface area contributed by atoms with Gasteiger partial charge >= 0.3 is 12.1 Å². The fraction of sp³-hybridized carbons (Fsp3) is 0.238. The van der Waals surface area contributed by atoms with Crippen molar-refractivity contribution in [2.24, 2.45) is 0 Å². The van der Waals surface area contributed by atoms with E-state index in [4.69, 9.17) is 9.90 Å². The number of benzene rings is 1. The maximum absolute atomic E-state index is 12.1. The van der Waals surface area contributed by atoms with Gasteiger partial charge in [0.15, 0.2) is 0 Å². The number of nitrogens with one attached hydrogen (secondary N) is 3. The second-order valence-corrected chi connectivity index (χ2v) is 6.88. The number of hydrogen-bond donors (Lipinski definition) is 4. The second kappa shape index (κ2) is 9.50. The molecular weight excluding hydrogens is 429 g/mol. The molecular formula is C21H19F3N4O4. The van der Waals surface area contributed by atoms with Gasteiger partial charge in [0.2, 0.25) is 0 Å². The summed E-state index contributed by atoms with van der Waals surface area (Å²) in [5.74, 6) is -2.88. The molecule has 2 aromatic heterocycles. The van der Waals surface area contributed by atoms with E-state index < -0.39 is 12.1 Å². The van der Waals surface area contributed by atoms with Gasteiger partial charge < -0.3 is 20.7 Å². The number of amides is 2. The average molecular weight is 448 g/mol. The zero-order valence-electron chi connectivity index (χ0n) is 16.6. The molecule has 8 nitrogen and oxygen atoms in total. The largest absolute Gasteiger partial charge is 0.490 e. The van der Waals surface area contributed by atoms with E-state index >= 15 is 0 Å². The Hall–Kier alpha value is -3.89. The van der Waals surface area contributed by atoms with Gasteiger partial charge in [-0.1, -0.05) is 0 Å². The van der Waals surface area contributed by atoms with Crippen molar-refractivity contribution in [2.45, 2.75) is 19.0 Å². The van der Waals surface area contributed by atoms with E-state index in [0.717, 1.165) is 34.0 Å². The molecule has 11 heteroatoms. The Morgan fingerprint density at radius 1 is 1.16 bits per heavy atom. The molecule has 1 aliphatic rings. The molecule has 3 heterocycles. The number of carboxylic acids is 1. The molecule has 0 atom stereocenters. The average Bonchev–Trinajstić information content (AvgIpc) is 3.18. The van der Waals surface area contributed by atoms with Crippen LogP contribution in [0.3, 0.4) is 0 Å². The highest BCUT2D eigenvalue weighted by Gasteiger charge is 2.38. The number of aromatic amines is 1. The van der Waals surface area contributed by atoms with Crippen molar-refractivity contribution in [3.63, 3.8) is 0 Å². The smallest absolute Gasteiger partial charge is 0.475 e. The van der Waals surface area contributed by atoms with E-state index in [1.807, 2.05) is 18.3 Å². The van der Waals surface area contributed by atoms with Crippen LogP contribution in [0.25, 0.3) is 10.9 Å². The fourth-order valence-electron chi connectivity index (χ4n) is 3.35. The molecule has 3 aromatic rings. The van der Waals surface area contributed by atoms with Crippen LogP contribution in [0.15, 0.2) is 42.9 Å². The highest BCUT2D eigenvalue weighted by molar-refractivity contribution is 6.03. The zero-order valence-corrected chi connectivity index (χ0v) is 16.6. The first-order chi connectivity index (χ1) is 15.2. The van der Waals surface area contributed by atoms with Crippen LogP contribution < -0.4 is 10.6 Å². The molecule has 0 saturated heterocycles. The molecule has 0 bridgehead atoms. The lowest BCUT2D eigenvalue weighted by atomic mass is 9.94. The number of carbonyl (C=O) groups is 3. The van der Waals surface area contributed by atoms with Gasteiger partial charge in [0.1, 0.15) is 0 Å². The van der Waals surface area contributed by atoms with E-state index in [2.05, 4.69) is 20.6 Å². The minimum absolute atomic E-state index is 0.0127. The molecule has 4 N–H and O–H groups in total. The van der Waals surface area contributed by atoms with Crippen molar-refractivity contribution in [2.75, 3.05) is 13.1 Å². The van der Waals surface area contributed by atoms with E-state index in [1.165, 1.54) is 0 Å². The summed E-state index contributed by atoms with van der Waals surface area (Å²) in [6.45, 7) is 1.19. The summed E-state index contributed by atoms with van der Waals surface area (Å²) in [6.07, 6.45) is 1.62. The third kappa shape index (κ3) is 5.23. The number of aliphatic carboxylic acids is 1. The van der Waals surface area contributed by atoms with Crippen LogP contribution in [0.1, 0.15) is 31.8 Å². The Kier molecular flexibility index (Phi) is 6.76. The predicted molar refractivity (Wildman–Crippen MR) is 108 cm³/mol. The summed E-state index contributed by atoms with van der Waals surface area (Å²) in [6, 6.07) is 7.20. The zero-order chi connectivity index (χ0) is 23.3. The summed E-state index contributed by atoms with van der Waals surface area (Å²) >= 11 is 0. The first kappa shape index (κ1) is 22.8. The van der Waals surface area contributed by atoms with Crippen LogP contribution in [0.4, 0.5) is 13.2 Å². The van der Waals surface area contributed by atoms with Gasteiger partial charge in [-0.25, -0.2) is 4.79 Å². The van der Waals surface area contributed by atoms with Gasteiger partial charge in [0, 0.05) is 53.7 Å². The number of aromatic nitrogens is 2. The van der Waals surface area contributed by atoms with Crippen molar-refractivity contribution in [3.05, 3.63) is 65.1 Å². The van der Waals surface area contributed by atoms with Gasteiger partial charge in [0.05, 0.1) is 0 Å². The predicted octanol–water partition coefficient (Wildman–Crippen LogP) is 2.45. The molecule has 0 saturated carbocycles. The number of alkyl halides is 3. The Morgan fingerprint density at radius 3 is 2.50 bits per heavy atom. The Labute approximate surface area is 179 Å². The van der Waals surface area contributed by atoms with Crippen LogP contribution >= 0.6 is 0 Å². The molecule has 168 valence electrons. The first-order valence-electron chi connectivity index (χ1n) is 9.57. The summed E-state index contributed by atoms with van der Waals surface area (Å²) in [7, 11) is 0. The normalized spacial score (nSPS) is 12.9. The highest BCUT2D eigenvalue weighted by Crippen LogP contribution is 2.28. The summed E-state index contributed by atoms with van der Waals surface area (Å²) in [5.41, 5.74) is 4.60. The van der Waals surface area contributed by atoms with Gasteiger partial charge in [0.25, 0.3) is 11.8 Å². The molecule has 2 amide bonds. The van der Waals surface area contributed by atoms with Crippen LogP contribution in [-0.2, 0) is 17.6 Å². The number of halogens is 3. The number of hydrogen-bond acceptors (Lipinski definition) is 4. The SMILES string of the molecule is O=C(NCCc1c[nH]c2ccc3c(c12)CCNC3=O)c1ccncc1.O=C(O)C(F)(F)F. The fourth-order valence-corrected chi connectivity index (χ4v) is 3.35. The van der Waals surface area contributed by atoms with Crippen molar-refractivity contribution < 1.29 is 32.7 Å². The van der Waals surface area contributed by atoms with E-state index in [9.17, 15) is 22.8 Å². The standard InChI is InChI=1S/C19H18N4O2.C2HF3O2/c24-18(12-3-7-20-8-4-12)21-9-5-13-11-23-16-2-1-15-14(17(13)16)6-10-22-19(15)25;3-2(4,5)1(6)7/h1-4,7-8,11,23H,5-6,9-10H2,(H,21,24)(H,22,25);(H,6,7). The quantitative estimate of drug-likeness (QED) is 0.488. The number of nitrogens with zero attached hydrogens (tertiary/aromatic N) is 1. The number of pyridine rings is 1. The van der Waals surface area contributed by atoms with Crippen molar-refractivity contribution in [3.8, 4) is 0 Å². The molecule has 0 unspecified atom stereocenters. The molecule has 32 heavy (non-hydrogen) atoms. The third-order valence-electron chi connectivity index (χ3n) is 4.81. The van der Waals surface area contributed by atoms with Crippen molar-refractivity contribution in [1.82, 2.24) is 20.6 Å². The monoisotopic (exact) mass is 448 g/mol. The molecule has 0 fully saturated rings. The van der Waals surface area contributed by atoms with Gasteiger partial charge in [-0.2, -0.15) is 13.2 Å². The maximum Gasteiger partial charge on any atom is 0.490 e. The van der Waals surface area contributed by atoms with E-state index in [1.54, 1.807) is 24.5 Å². The van der Waals surface area contributed by atoms with Gasteiger partial charge in [-0.3, -0.25) is 14.6 Å². The Morgan fingerprint density at radius 2 is 1.84 bits per heavy atom. The third-order valence-corrected chi connectivity index (χ3v) is 4.81. The highest BCUT2D eigenvalue weighted by atomic mass is 19.4. The number of fused-ring (bicyclic) bond motifs is 3. The molecule has 1 aliphatic heterocycles. The molecule has 0 spiro atoms. The van der Waals surface area contributed by atoms with E-state index in [0.29, 0.717) is 25.1 Å². The van der Waals surface area contributed by atoms with Gasteiger partial charge in [-0.05, 0) is 48.2 Å². The minimum Gasteiger partial charge on any atom is -0.475 e. The summed E-state index contributed by atoms with van der Waals surface area (Å²) < 4.78 is 31.7. The lowest BCUT2D eigenvalue weighted by Gasteiger charge is -2.18. The maximum atomic E-state index is 12.1. The van der Waals surface area contributed by atoms with Crippen LogP contribution in [0, 0.1) is 0 Å². The van der Waals surface area contributed by atoms with Crippen LogP contribution in [0.2, 0.25) is 0 Å². The van der Waals surface area contributed by atoms with Crippen molar-refractivity contribution in [1.29, 1.82) is 0 Å². The van der Waals surface area contributed by atoms with Crippen LogP contribution in [-0.4, -0.2) is 52.1 Å². The number of rotatable bonds is 4. The number of H-pyrrole nitrogens is 1. The summed E-state index contributed by atoms with van der Waals surface area (Å²) in [4.78, 5) is 40.2. The number of carboxylic acid groups (broad SMARTS) is 1. The first-order valence-corrected chi connectivity index (χ1v) is 9.57. The Bertz CT molecular complexity index is 1140. The Balaban J connectivity index is 0.000000360. The molecule has 4 rings (SSSR count). The van der Waals surface area contributed by atoms with Crippen molar-refractivity contribution >= 4 is 28.7 Å². The molecule has 1 aromatic carbocycles. The second-order valence-electron chi connectivity index (χ2n) is 6.88. The number of carbonyl (C=O) groups excluding carboxylic acids is 2. The van der Waals surface area contributed by atoms with Crippen LogP contribution in [0.5, 0.6) is 0 Å². The summed E-state index contributed by atoms with van der Waals surface area (Å²) in [5, 5.41) is 14.1. The van der Waals surface area contributed by atoms with Gasteiger partial charge in [-0.15, -0.1) is 0 Å². The molecule has 0 radical (unpaired) electrons. The lowest BCUT2D eigenvalue weighted by molar-refractivity contribution is -0.192. The molecule has 0 aliphatic carbocycles. The topological polar surface area (TPSA) is 124 Å².